The summed E-state index contributed by atoms with van der Waals surface area (Å²) in [7, 11) is 1.73. The Morgan fingerprint density at radius 2 is 1.91 bits per heavy atom. The highest BCUT2D eigenvalue weighted by Gasteiger charge is 2.26. The first-order valence-corrected chi connectivity index (χ1v) is 8.04. The molecular weight excluding hydrogens is 290 g/mol. The minimum atomic E-state index is 0.0353. The fourth-order valence-corrected chi connectivity index (χ4v) is 2.85. The number of amides is 1. The van der Waals surface area contributed by atoms with E-state index in [2.05, 4.69) is 4.90 Å². The Morgan fingerprint density at radius 1 is 1.26 bits per heavy atom. The highest BCUT2D eigenvalue weighted by atomic mass is 16.2. The number of carbonyl (C=O) groups excluding carboxylic acids is 2. The van der Waals surface area contributed by atoms with E-state index in [1.807, 2.05) is 36.4 Å². The van der Waals surface area contributed by atoms with Crippen LogP contribution in [0.15, 0.2) is 30.3 Å². The Hall–Kier alpha value is -2.19. The van der Waals surface area contributed by atoms with Gasteiger partial charge in [0.2, 0.25) is 5.91 Å². The van der Waals surface area contributed by atoms with Crippen LogP contribution in [0.25, 0.3) is 0 Å². The average molecular weight is 313 g/mol. The van der Waals surface area contributed by atoms with Gasteiger partial charge in [-0.05, 0) is 25.9 Å². The van der Waals surface area contributed by atoms with Crippen molar-refractivity contribution in [1.29, 1.82) is 5.26 Å². The van der Waals surface area contributed by atoms with Crippen LogP contribution in [0.2, 0.25) is 0 Å². The first-order valence-electron chi connectivity index (χ1n) is 8.04. The van der Waals surface area contributed by atoms with Gasteiger partial charge in [0.05, 0.1) is 19.0 Å². The molecule has 5 nitrogen and oxygen atoms in total. The zero-order valence-corrected chi connectivity index (χ0v) is 13.6. The lowest BCUT2D eigenvalue weighted by Crippen LogP contribution is -2.43. The molecule has 0 saturated carbocycles. The maximum atomic E-state index is 12.4. The van der Waals surface area contributed by atoms with Gasteiger partial charge in [0.25, 0.3) is 0 Å². The number of Topliss-reactive ketones (excluding diaryl/α,β-unsaturated/α-hetero) is 1. The Labute approximate surface area is 137 Å². The first-order chi connectivity index (χ1) is 11.1. The van der Waals surface area contributed by atoms with Crippen molar-refractivity contribution in [2.75, 3.05) is 33.2 Å². The summed E-state index contributed by atoms with van der Waals surface area (Å²) in [5, 5.41) is 8.56. The molecule has 1 aliphatic rings. The van der Waals surface area contributed by atoms with E-state index in [0.717, 1.165) is 31.5 Å². The van der Waals surface area contributed by atoms with Crippen molar-refractivity contribution in [2.24, 2.45) is 5.92 Å². The zero-order valence-electron chi connectivity index (χ0n) is 13.6. The number of benzene rings is 1. The quantitative estimate of drug-likeness (QED) is 0.753. The summed E-state index contributed by atoms with van der Waals surface area (Å²) >= 11 is 0. The van der Waals surface area contributed by atoms with Gasteiger partial charge in [-0.15, -0.1) is 0 Å². The minimum absolute atomic E-state index is 0.0353. The Bertz CT molecular complexity index is 572. The number of piperidine rings is 1. The van der Waals surface area contributed by atoms with Crippen molar-refractivity contribution in [3.8, 4) is 6.07 Å². The number of hydrogen-bond acceptors (Lipinski definition) is 4. The summed E-state index contributed by atoms with van der Waals surface area (Å²) in [5.41, 5.74) is 0.776. The smallest absolute Gasteiger partial charge is 0.236 e. The van der Waals surface area contributed by atoms with Crippen LogP contribution in [-0.2, 0) is 4.79 Å². The van der Waals surface area contributed by atoms with Crippen LogP contribution in [0.1, 0.15) is 29.6 Å². The Kier molecular flexibility index (Phi) is 6.30. The molecule has 23 heavy (non-hydrogen) atoms. The van der Waals surface area contributed by atoms with Crippen LogP contribution >= 0.6 is 0 Å². The third kappa shape index (κ3) is 4.90. The standard InChI is InChI=1S/C18H23N3O2/c1-20(11-5-10-19)17(22)14-21-12-8-16(9-13-21)18(23)15-6-3-2-4-7-15/h2-4,6-7,16H,5,8-9,11-14H2,1H3. The predicted molar refractivity (Wildman–Crippen MR) is 87.8 cm³/mol. The van der Waals surface area contributed by atoms with E-state index in [1.165, 1.54) is 0 Å². The minimum Gasteiger partial charge on any atom is -0.344 e. The summed E-state index contributed by atoms with van der Waals surface area (Å²) in [5.74, 6) is 0.302. The van der Waals surface area contributed by atoms with Gasteiger partial charge < -0.3 is 4.90 Å². The second kappa shape index (κ2) is 8.44. The number of likely N-dealkylation sites (N-methyl/N-ethyl adjacent to an activating group) is 1. The van der Waals surface area contributed by atoms with Crippen molar-refractivity contribution in [1.82, 2.24) is 9.80 Å². The highest BCUT2D eigenvalue weighted by Crippen LogP contribution is 2.21. The molecule has 5 heteroatoms. The highest BCUT2D eigenvalue weighted by molar-refractivity contribution is 5.97. The topological polar surface area (TPSA) is 64.4 Å². The van der Waals surface area contributed by atoms with E-state index in [0.29, 0.717) is 19.5 Å². The molecule has 1 aliphatic heterocycles. The molecule has 1 aromatic rings. The molecule has 0 atom stereocenters. The van der Waals surface area contributed by atoms with Crippen LogP contribution in [0.3, 0.4) is 0 Å². The normalized spacial score (nSPS) is 15.8. The molecular formula is C18H23N3O2. The fraction of sp³-hybridized carbons (Fsp3) is 0.500. The van der Waals surface area contributed by atoms with Crippen LogP contribution in [-0.4, -0.2) is 54.7 Å². The largest absolute Gasteiger partial charge is 0.344 e. The SMILES string of the molecule is CN(CCC#N)C(=O)CN1CCC(C(=O)c2ccccc2)CC1. The number of likely N-dealkylation sites (tertiary alicyclic amines) is 1. The van der Waals surface area contributed by atoms with Gasteiger partial charge in [-0.25, -0.2) is 0 Å². The lowest BCUT2D eigenvalue weighted by Gasteiger charge is -2.31. The summed E-state index contributed by atoms with van der Waals surface area (Å²) in [6.45, 7) is 2.37. The van der Waals surface area contributed by atoms with E-state index in [1.54, 1.807) is 11.9 Å². The molecule has 1 fully saturated rings. The van der Waals surface area contributed by atoms with Crippen LogP contribution < -0.4 is 0 Å². The number of ketones is 1. The maximum Gasteiger partial charge on any atom is 0.236 e. The van der Waals surface area contributed by atoms with E-state index in [4.69, 9.17) is 5.26 Å². The van der Waals surface area contributed by atoms with Crippen molar-refractivity contribution in [2.45, 2.75) is 19.3 Å². The lowest BCUT2D eigenvalue weighted by atomic mass is 9.89. The van der Waals surface area contributed by atoms with Crippen LogP contribution in [0.5, 0.6) is 0 Å². The van der Waals surface area contributed by atoms with Gasteiger partial charge >= 0.3 is 0 Å². The molecule has 0 spiro atoms. The van der Waals surface area contributed by atoms with E-state index in [9.17, 15) is 9.59 Å². The second-order valence-corrected chi connectivity index (χ2v) is 6.00. The maximum absolute atomic E-state index is 12.4. The summed E-state index contributed by atoms with van der Waals surface area (Å²) in [6.07, 6.45) is 1.95. The van der Waals surface area contributed by atoms with Gasteiger partial charge in [0.15, 0.2) is 5.78 Å². The van der Waals surface area contributed by atoms with E-state index in [-0.39, 0.29) is 17.6 Å². The average Bonchev–Trinajstić information content (AvgIpc) is 2.60. The van der Waals surface area contributed by atoms with Gasteiger partial charge in [-0.1, -0.05) is 30.3 Å². The molecule has 1 amide bonds. The second-order valence-electron chi connectivity index (χ2n) is 6.00. The molecule has 0 radical (unpaired) electrons. The van der Waals surface area contributed by atoms with Crippen molar-refractivity contribution < 1.29 is 9.59 Å². The van der Waals surface area contributed by atoms with Crippen molar-refractivity contribution in [3.05, 3.63) is 35.9 Å². The predicted octanol–water partition coefficient (Wildman–Crippen LogP) is 1.95. The molecule has 0 N–H and O–H groups in total. The monoisotopic (exact) mass is 313 g/mol. The summed E-state index contributed by atoms with van der Waals surface area (Å²) < 4.78 is 0. The number of nitriles is 1. The van der Waals surface area contributed by atoms with Crippen LogP contribution in [0.4, 0.5) is 0 Å². The van der Waals surface area contributed by atoms with Gasteiger partial charge in [0.1, 0.15) is 0 Å². The van der Waals surface area contributed by atoms with Gasteiger partial charge in [-0.2, -0.15) is 5.26 Å². The van der Waals surface area contributed by atoms with Crippen LogP contribution in [0, 0.1) is 17.2 Å². The molecule has 1 heterocycles. The number of nitrogens with zero attached hydrogens (tertiary/aromatic N) is 3. The number of rotatable bonds is 6. The number of hydrogen-bond donors (Lipinski definition) is 0. The molecule has 0 unspecified atom stereocenters. The molecule has 0 aliphatic carbocycles. The Balaban J connectivity index is 1.79. The molecule has 2 rings (SSSR count). The molecule has 0 bridgehead atoms. The molecule has 1 saturated heterocycles. The van der Waals surface area contributed by atoms with Crippen molar-refractivity contribution in [3.63, 3.8) is 0 Å². The first kappa shape index (κ1) is 17.2. The summed E-state index contributed by atoms with van der Waals surface area (Å²) in [6, 6.07) is 11.5. The molecule has 1 aromatic carbocycles. The third-order valence-electron chi connectivity index (χ3n) is 4.36. The lowest BCUT2D eigenvalue weighted by molar-refractivity contribution is -0.131. The molecule has 122 valence electrons. The van der Waals surface area contributed by atoms with Gasteiger partial charge in [0, 0.05) is 25.1 Å². The molecule has 0 aromatic heterocycles. The fourth-order valence-electron chi connectivity index (χ4n) is 2.85. The van der Waals surface area contributed by atoms with E-state index < -0.39 is 0 Å². The zero-order chi connectivity index (χ0) is 16.7. The van der Waals surface area contributed by atoms with E-state index >= 15 is 0 Å². The Morgan fingerprint density at radius 3 is 2.52 bits per heavy atom. The van der Waals surface area contributed by atoms with Crippen molar-refractivity contribution >= 4 is 11.7 Å². The number of carbonyl (C=O) groups is 2. The van der Waals surface area contributed by atoms with Gasteiger partial charge in [-0.3, -0.25) is 14.5 Å². The third-order valence-corrected chi connectivity index (χ3v) is 4.36. The summed E-state index contributed by atoms with van der Waals surface area (Å²) in [4.78, 5) is 28.2.